The minimum Gasteiger partial charge on any atom is -0.481 e. The molecule has 2 aromatic rings. The maximum atomic E-state index is 12.2. The van der Waals surface area contributed by atoms with Crippen molar-refractivity contribution in [3.05, 3.63) is 52.2 Å². The van der Waals surface area contributed by atoms with Gasteiger partial charge >= 0.3 is 11.7 Å². The predicted molar refractivity (Wildman–Crippen MR) is 78.9 cm³/mol. The summed E-state index contributed by atoms with van der Waals surface area (Å²) in [5, 5.41) is 9.07. The topological polar surface area (TPSA) is 64.2 Å². The lowest BCUT2D eigenvalue weighted by Gasteiger charge is -2.15. The maximum absolute atomic E-state index is 12.2. The van der Waals surface area contributed by atoms with Crippen LogP contribution in [0.5, 0.6) is 0 Å². The summed E-state index contributed by atoms with van der Waals surface area (Å²) < 4.78 is 3.20. The number of rotatable bonds is 4. The largest absolute Gasteiger partial charge is 0.481 e. The number of aromatic nitrogens is 2. The number of aliphatic carboxylic acids is 1. The SMILES string of the molecule is Cc1cn(C)c(=O)n1-c1cccc(C2(CC(=O)O)CC2)c1. The summed E-state index contributed by atoms with van der Waals surface area (Å²) in [5.74, 6) is -0.772. The normalized spacial score (nSPS) is 15.9. The highest BCUT2D eigenvalue weighted by molar-refractivity contribution is 5.70. The Bertz CT molecular complexity index is 766. The first-order valence-electron chi connectivity index (χ1n) is 7.01. The first kappa shape index (κ1) is 13.7. The van der Waals surface area contributed by atoms with Crippen molar-refractivity contribution in [2.45, 2.75) is 31.6 Å². The third-order valence-electron chi connectivity index (χ3n) is 4.29. The molecule has 0 saturated heterocycles. The lowest BCUT2D eigenvalue weighted by molar-refractivity contribution is -0.137. The van der Waals surface area contributed by atoms with Crippen molar-refractivity contribution in [2.75, 3.05) is 0 Å². The molecule has 0 radical (unpaired) electrons. The Kier molecular flexibility index (Phi) is 3.01. The van der Waals surface area contributed by atoms with E-state index in [-0.39, 0.29) is 17.5 Å². The Morgan fingerprint density at radius 2 is 2.10 bits per heavy atom. The van der Waals surface area contributed by atoms with E-state index in [1.165, 1.54) is 0 Å². The molecule has 5 nitrogen and oxygen atoms in total. The zero-order chi connectivity index (χ0) is 15.2. The van der Waals surface area contributed by atoms with Gasteiger partial charge < -0.3 is 9.67 Å². The van der Waals surface area contributed by atoms with Crippen LogP contribution < -0.4 is 5.69 Å². The second-order valence-corrected chi connectivity index (χ2v) is 5.90. The molecule has 0 bridgehead atoms. The van der Waals surface area contributed by atoms with Crippen LogP contribution in [-0.4, -0.2) is 20.2 Å². The number of carboxylic acid groups (broad SMARTS) is 1. The molecule has 1 fully saturated rings. The van der Waals surface area contributed by atoms with Gasteiger partial charge in [0, 0.05) is 24.4 Å². The van der Waals surface area contributed by atoms with E-state index >= 15 is 0 Å². The molecule has 1 aliphatic carbocycles. The molecule has 5 heteroatoms. The van der Waals surface area contributed by atoms with E-state index < -0.39 is 5.97 Å². The molecule has 0 atom stereocenters. The average Bonchev–Trinajstić information content (AvgIpc) is 3.13. The quantitative estimate of drug-likeness (QED) is 0.935. The summed E-state index contributed by atoms with van der Waals surface area (Å²) in [7, 11) is 1.72. The number of hydrogen-bond acceptors (Lipinski definition) is 2. The van der Waals surface area contributed by atoms with Crippen LogP contribution in [0.15, 0.2) is 35.3 Å². The van der Waals surface area contributed by atoms with E-state index in [2.05, 4.69) is 0 Å². The van der Waals surface area contributed by atoms with Crippen molar-refractivity contribution in [2.24, 2.45) is 7.05 Å². The van der Waals surface area contributed by atoms with Crippen molar-refractivity contribution in [1.82, 2.24) is 9.13 Å². The third-order valence-corrected chi connectivity index (χ3v) is 4.29. The number of aryl methyl sites for hydroxylation is 2. The van der Waals surface area contributed by atoms with Gasteiger partial charge in [-0.1, -0.05) is 12.1 Å². The van der Waals surface area contributed by atoms with Crippen LogP contribution in [-0.2, 0) is 17.3 Å². The molecule has 110 valence electrons. The second kappa shape index (κ2) is 4.62. The molecule has 3 rings (SSSR count). The molecule has 0 aliphatic heterocycles. The first-order valence-corrected chi connectivity index (χ1v) is 7.01. The van der Waals surface area contributed by atoms with E-state index in [1.807, 2.05) is 31.2 Å². The van der Waals surface area contributed by atoms with Gasteiger partial charge in [-0.3, -0.25) is 9.36 Å². The first-order chi connectivity index (χ1) is 9.93. The summed E-state index contributed by atoms with van der Waals surface area (Å²) >= 11 is 0. The van der Waals surface area contributed by atoms with Gasteiger partial charge in [0.15, 0.2) is 0 Å². The number of benzene rings is 1. The summed E-state index contributed by atoms with van der Waals surface area (Å²) in [6, 6.07) is 7.69. The highest BCUT2D eigenvalue weighted by Crippen LogP contribution is 2.51. The molecule has 0 unspecified atom stereocenters. The van der Waals surface area contributed by atoms with Crippen LogP contribution in [0, 0.1) is 6.92 Å². The lowest BCUT2D eigenvalue weighted by Crippen LogP contribution is -2.22. The molecule has 1 N–H and O–H groups in total. The van der Waals surface area contributed by atoms with Crippen LogP contribution >= 0.6 is 0 Å². The molecular formula is C16H18N2O3. The summed E-state index contributed by atoms with van der Waals surface area (Å²) in [6.45, 7) is 1.89. The van der Waals surface area contributed by atoms with Gasteiger partial charge in [-0.2, -0.15) is 0 Å². The zero-order valence-corrected chi connectivity index (χ0v) is 12.2. The van der Waals surface area contributed by atoms with E-state index in [9.17, 15) is 9.59 Å². The predicted octanol–water partition coefficient (Wildman–Crippen LogP) is 1.99. The van der Waals surface area contributed by atoms with E-state index in [0.29, 0.717) is 0 Å². The Labute approximate surface area is 122 Å². The van der Waals surface area contributed by atoms with Gasteiger partial charge in [0.2, 0.25) is 0 Å². The number of hydrogen-bond donors (Lipinski definition) is 1. The lowest BCUT2D eigenvalue weighted by atomic mass is 9.92. The fraction of sp³-hybridized carbons (Fsp3) is 0.375. The van der Waals surface area contributed by atoms with Gasteiger partial charge in [-0.25, -0.2) is 4.79 Å². The van der Waals surface area contributed by atoms with Crippen molar-refractivity contribution in [1.29, 1.82) is 0 Å². The average molecular weight is 286 g/mol. The Balaban J connectivity index is 2.05. The van der Waals surface area contributed by atoms with Crippen molar-refractivity contribution in [3.8, 4) is 5.69 Å². The highest BCUT2D eigenvalue weighted by Gasteiger charge is 2.46. The molecule has 21 heavy (non-hydrogen) atoms. The van der Waals surface area contributed by atoms with Crippen molar-refractivity contribution < 1.29 is 9.90 Å². The fourth-order valence-electron chi connectivity index (χ4n) is 3.00. The third kappa shape index (κ3) is 2.28. The van der Waals surface area contributed by atoms with Gasteiger partial charge in [-0.05, 0) is 37.5 Å². The monoisotopic (exact) mass is 286 g/mol. The zero-order valence-electron chi connectivity index (χ0n) is 12.2. The smallest absolute Gasteiger partial charge is 0.332 e. The second-order valence-electron chi connectivity index (χ2n) is 5.90. The maximum Gasteiger partial charge on any atom is 0.332 e. The minimum absolute atomic E-state index is 0.0901. The minimum atomic E-state index is -0.772. The highest BCUT2D eigenvalue weighted by atomic mass is 16.4. The summed E-state index contributed by atoms with van der Waals surface area (Å²) in [5.41, 5.74) is 2.34. The van der Waals surface area contributed by atoms with E-state index in [4.69, 9.17) is 5.11 Å². The summed E-state index contributed by atoms with van der Waals surface area (Å²) in [6.07, 6.45) is 3.73. The van der Waals surface area contributed by atoms with Crippen LogP contribution in [0.1, 0.15) is 30.5 Å². The van der Waals surface area contributed by atoms with Crippen LogP contribution in [0.4, 0.5) is 0 Å². The molecular weight excluding hydrogens is 268 g/mol. The number of nitrogens with zero attached hydrogens (tertiary/aromatic N) is 2. The molecule has 1 aliphatic rings. The number of carbonyl (C=O) groups is 1. The van der Waals surface area contributed by atoms with Gasteiger partial charge in [-0.15, -0.1) is 0 Å². The number of imidazole rings is 1. The van der Waals surface area contributed by atoms with E-state index in [0.717, 1.165) is 29.8 Å². The standard InChI is InChI=1S/C16H18N2O3/c1-11-10-17(2)15(21)18(11)13-5-3-4-12(8-13)16(6-7-16)9-14(19)20/h3-5,8,10H,6-7,9H2,1-2H3,(H,19,20). The van der Waals surface area contributed by atoms with Gasteiger partial charge in [0.1, 0.15) is 0 Å². The van der Waals surface area contributed by atoms with E-state index in [1.54, 1.807) is 22.4 Å². The van der Waals surface area contributed by atoms with Crippen LogP contribution in [0.25, 0.3) is 5.69 Å². The number of carboxylic acids is 1. The molecule has 0 amide bonds. The van der Waals surface area contributed by atoms with Gasteiger partial charge in [0.25, 0.3) is 0 Å². The van der Waals surface area contributed by atoms with Crippen molar-refractivity contribution >= 4 is 5.97 Å². The van der Waals surface area contributed by atoms with Crippen molar-refractivity contribution in [3.63, 3.8) is 0 Å². The van der Waals surface area contributed by atoms with Crippen LogP contribution in [0.3, 0.4) is 0 Å². The molecule has 1 aromatic carbocycles. The molecule has 1 aromatic heterocycles. The van der Waals surface area contributed by atoms with Crippen LogP contribution in [0.2, 0.25) is 0 Å². The Hall–Kier alpha value is -2.30. The fourth-order valence-corrected chi connectivity index (χ4v) is 3.00. The van der Waals surface area contributed by atoms with Gasteiger partial charge in [0.05, 0.1) is 12.1 Å². The Morgan fingerprint density at radius 3 is 2.62 bits per heavy atom. The summed E-state index contributed by atoms with van der Waals surface area (Å²) in [4.78, 5) is 23.2. The molecule has 1 heterocycles. The molecule has 0 spiro atoms. The Morgan fingerprint density at radius 1 is 1.38 bits per heavy atom. The molecule has 1 saturated carbocycles.